The number of ether oxygens (including phenoxy) is 1. The molecule has 0 N–H and O–H groups in total. The quantitative estimate of drug-likeness (QED) is 0.383. The van der Waals surface area contributed by atoms with Crippen LogP contribution in [0.5, 0.6) is 11.5 Å². The van der Waals surface area contributed by atoms with Crippen molar-refractivity contribution in [2.75, 3.05) is 0 Å². The predicted octanol–water partition coefficient (Wildman–Crippen LogP) is 6.64. The van der Waals surface area contributed by atoms with E-state index in [1.165, 1.54) is 27.5 Å². The Morgan fingerprint density at radius 2 is 1.59 bits per heavy atom. The highest BCUT2D eigenvalue weighted by atomic mass is 16.5. The third-order valence-electron chi connectivity index (χ3n) is 5.61. The van der Waals surface area contributed by atoms with Gasteiger partial charge in [-0.05, 0) is 53.6 Å². The van der Waals surface area contributed by atoms with E-state index in [9.17, 15) is 0 Å². The summed E-state index contributed by atoms with van der Waals surface area (Å²) in [6.45, 7) is 6.64. The highest BCUT2D eigenvalue weighted by Gasteiger charge is 2.35. The Morgan fingerprint density at radius 3 is 2.37 bits per heavy atom. The zero-order valence-corrected chi connectivity index (χ0v) is 15.8. The van der Waals surface area contributed by atoms with Crippen LogP contribution < -0.4 is 4.74 Å². The van der Waals surface area contributed by atoms with Crippen molar-refractivity contribution in [1.29, 1.82) is 0 Å². The number of benzene rings is 3. The SMILES string of the molecule is Cc1ccnc(-c2cccc3c2Oc2cc4ccccc4cc2C3(C)C)c1. The molecule has 1 aromatic heterocycles. The molecule has 0 fully saturated rings. The average Bonchev–Trinajstić information content (AvgIpc) is 2.67. The van der Waals surface area contributed by atoms with Gasteiger partial charge in [-0.2, -0.15) is 0 Å². The molecular weight excluding hydrogens is 330 g/mol. The van der Waals surface area contributed by atoms with Crippen LogP contribution in [-0.4, -0.2) is 4.98 Å². The minimum absolute atomic E-state index is 0.146. The fourth-order valence-corrected chi connectivity index (χ4v) is 4.07. The van der Waals surface area contributed by atoms with Crippen molar-refractivity contribution in [2.45, 2.75) is 26.2 Å². The molecule has 5 rings (SSSR count). The summed E-state index contributed by atoms with van der Waals surface area (Å²) in [6, 6.07) is 23.4. The van der Waals surface area contributed by atoms with Crippen LogP contribution in [0.3, 0.4) is 0 Å². The smallest absolute Gasteiger partial charge is 0.140 e. The molecule has 0 saturated carbocycles. The Labute approximate surface area is 159 Å². The van der Waals surface area contributed by atoms with Gasteiger partial charge in [-0.25, -0.2) is 0 Å². The van der Waals surface area contributed by atoms with Crippen molar-refractivity contribution in [1.82, 2.24) is 4.98 Å². The molecule has 0 spiro atoms. The van der Waals surface area contributed by atoms with Crippen molar-refractivity contribution in [2.24, 2.45) is 0 Å². The largest absolute Gasteiger partial charge is 0.456 e. The summed E-state index contributed by atoms with van der Waals surface area (Å²) >= 11 is 0. The lowest BCUT2D eigenvalue weighted by atomic mass is 9.74. The van der Waals surface area contributed by atoms with Crippen LogP contribution in [0.25, 0.3) is 22.0 Å². The number of hydrogen-bond acceptors (Lipinski definition) is 2. The fourth-order valence-electron chi connectivity index (χ4n) is 4.07. The molecule has 1 aliphatic rings. The average molecular weight is 351 g/mol. The van der Waals surface area contributed by atoms with Gasteiger partial charge in [0.25, 0.3) is 0 Å². The van der Waals surface area contributed by atoms with Gasteiger partial charge in [0, 0.05) is 28.3 Å². The van der Waals surface area contributed by atoms with Crippen molar-refractivity contribution < 1.29 is 4.74 Å². The van der Waals surface area contributed by atoms with E-state index in [0.29, 0.717) is 0 Å². The van der Waals surface area contributed by atoms with Gasteiger partial charge < -0.3 is 4.74 Å². The second-order valence-electron chi connectivity index (χ2n) is 7.82. The van der Waals surface area contributed by atoms with E-state index in [4.69, 9.17) is 4.74 Å². The number of fused-ring (bicyclic) bond motifs is 3. The first-order valence-corrected chi connectivity index (χ1v) is 9.32. The Hall–Kier alpha value is -3.13. The Morgan fingerprint density at radius 1 is 0.815 bits per heavy atom. The normalized spacial score (nSPS) is 14.3. The van der Waals surface area contributed by atoms with Gasteiger partial charge in [0.2, 0.25) is 0 Å². The molecule has 0 radical (unpaired) electrons. The molecule has 2 heteroatoms. The van der Waals surface area contributed by atoms with Crippen LogP contribution in [0.15, 0.2) is 72.9 Å². The molecule has 27 heavy (non-hydrogen) atoms. The molecule has 0 bridgehead atoms. The molecule has 0 unspecified atom stereocenters. The monoisotopic (exact) mass is 351 g/mol. The van der Waals surface area contributed by atoms with Crippen LogP contribution in [0.4, 0.5) is 0 Å². The Bertz CT molecular complexity index is 1190. The van der Waals surface area contributed by atoms with E-state index < -0.39 is 0 Å². The van der Waals surface area contributed by atoms with E-state index in [0.717, 1.165) is 22.8 Å². The number of pyridine rings is 1. The van der Waals surface area contributed by atoms with E-state index in [-0.39, 0.29) is 5.41 Å². The standard InChI is InChI=1S/C25H21NO/c1-16-11-12-26-22(13-16)19-9-6-10-20-24(19)27-23-15-18-8-5-4-7-17(18)14-21(23)25(20,2)3/h4-15H,1-3H3. The third kappa shape index (κ3) is 2.44. The number of nitrogens with zero attached hydrogens (tertiary/aromatic N) is 1. The maximum absolute atomic E-state index is 6.51. The first-order chi connectivity index (χ1) is 13.0. The molecule has 132 valence electrons. The minimum Gasteiger partial charge on any atom is -0.456 e. The lowest BCUT2D eigenvalue weighted by molar-refractivity contribution is 0.420. The van der Waals surface area contributed by atoms with Crippen molar-refractivity contribution in [3.8, 4) is 22.8 Å². The molecule has 1 aliphatic heterocycles. The summed E-state index contributed by atoms with van der Waals surface area (Å²) in [5.74, 6) is 1.86. The summed E-state index contributed by atoms with van der Waals surface area (Å²) in [5, 5.41) is 2.44. The van der Waals surface area contributed by atoms with Crippen LogP contribution in [0.1, 0.15) is 30.5 Å². The molecule has 4 aromatic rings. The van der Waals surface area contributed by atoms with E-state index in [2.05, 4.69) is 86.4 Å². The van der Waals surface area contributed by atoms with Crippen molar-refractivity contribution >= 4 is 10.8 Å². The van der Waals surface area contributed by atoms with Gasteiger partial charge in [0.15, 0.2) is 0 Å². The summed E-state index contributed by atoms with van der Waals surface area (Å²) in [5.41, 5.74) is 5.47. The Kier molecular flexibility index (Phi) is 3.38. The molecule has 0 amide bonds. The maximum Gasteiger partial charge on any atom is 0.140 e. The highest BCUT2D eigenvalue weighted by Crippen LogP contribution is 2.51. The zero-order chi connectivity index (χ0) is 18.6. The van der Waals surface area contributed by atoms with Gasteiger partial charge in [-0.15, -0.1) is 0 Å². The first kappa shape index (κ1) is 16.1. The van der Waals surface area contributed by atoms with Gasteiger partial charge >= 0.3 is 0 Å². The molecule has 2 nitrogen and oxygen atoms in total. The maximum atomic E-state index is 6.51. The summed E-state index contributed by atoms with van der Waals surface area (Å²) in [4.78, 5) is 4.59. The minimum atomic E-state index is -0.146. The summed E-state index contributed by atoms with van der Waals surface area (Å²) in [7, 11) is 0. The zero-order valence-electron chi connectivity index (χ0n) is 15.8. The van der Waals surface area contributed by atoms with Crippen LogP contribution in [-0.2, 0) is 5.41 Å². The van der Waals surface area contributed by atoms with Gasteiger partial charge in [-0.1, -0.05) is 50.2 Å². The van der Waals surface area contributed by atoms with Crippen molar-refractivity contribution in [3.63, 3.8) is 0 Å². The topological polar surface area (TPSA) is 22.1 Å². The highest BCUT2D eigenvalue weighted by molar-refractivity contribution is 5.87. The Balaban J connectivity index is 1.76. The number of aromatic nitrogens is 1. The lowest BCUT2D eigenvalue weighted by Crippen LogP contribution is -2.24. The van der Waals surface area contributed by atoms with Crippen LogP contribution in [0.2, 0.25) is 0 Å². The van der Waals surface area contributed by atoms with Gasteiger partial charge in [0.1, 0.15) is 11.5 Å². The number of para-hydroxylation sites is 1. The summed E-state index contributed by atoms with van der Waals surface area (Å²) in [6.07, 6.45) is 1.86. The third-order valence-corrected chi connectivity index (χ3v) is 5.61. The second-order valence-corrected chi connectivity index (χ2v) is 7.82. The van der Waals surface area contributed by atoms with E-state index >= 15 is 0 Å². The molecule has 0 aliphatic carbocycles. The molecule has 3 aromatic carbocycles. The molecule has 0 atom stereocenters. The van der Waals surface area contributed by atoms with E-state index in [1.54, 1.807) is 0 Å². The van der Waals surface area contributed by atoms with Gasteiger partial charge in [-0.3, -0.25) is 4.98 Å². The molecule has 2 heterocycles. The second kappa shape index (κ2) is 5.68. The first-order valence-electron chi connectivity index (χ1n) is 9.32. The lowest BCUT2D eigenvalue weighted by Gasteiger charge is -2.35. The van der Waals surface area contributed by atoms with Crippen LogP contribution in [0, 0.1) is 6.92 Å². The van der Waals surface area contributed by atoms with E-state index in [1.807, 2.05) is 12.3 Å². The number of hydrogen-bond donors (Lipinski definition) is 0. The molecule has 0 saturated heterocycles. The van der Waals surface area contributed by atoms with Gasteiger partial charge in [0.05, 0.1) is 5.69 Å². The number of rotatable bonds is 1. The van der Waals surface area contributed by atoms with Crippen molar-refractivity contribution in [3.05, 3.63) is 89.6 Å². The fraction of sp³-hybridized carbons (Fsp3) is 0.160. The molecular formula is C25H21NO. The number of aryl methyl sites for hydroxylation is 1. The predicted molar refractivity (Wildman–Crippen MR) is 111 cm³/mol. The van der Waals surface area contributed by atoms with Crippen LogP contribution >= 0.6 is 0 Å². The summed E-state index contributed by atoms with van der Waals surface area (Å²) < 4.78 is 6.51.